The van der Waals surface area contributed by atoms with Crippen molar-refractivity contribution in [2.75, 3.05) is 29.4 Å². The van der Waals surface area contributed by atoms with Crippen molar-refractivity contribution in [1.29, 1.82) is 0 Å². The van der Waals surface area contributed by atoms with Crippen LogP contribution in [0, 0.1) is 12.7 Å². The molecule has 0 bridgehead atoms. The summed E-state index contributed by atoms with van der Waals surface area (Å²) in [6.07, 6.45) is 0.176. The highest BCUT2D eigenvalue weighted by molar-refractivity contribution is 7.98. The fraction of sp³-hybridized carbons (Fsp3) is 0.350. The first-order valence-corrected chi connectivity index (χ1v) is 12.1. The standard InChI is InChI=1S/C20H23FN2O4S2/c1-14-7-8-18-17(11-14)23(29(2,25)26)12-19(27-18)20(24)22-9-10-28-13-15-5-3-4-6-16(15)21/h3-8,11,19H,9-10,12-13H2,1-2H3,(H,22,24)/t19-/m1/s1. The monoisotopic (exact) mass is 438 g/mol. The molecule has 1 heterocycles. The summed E-state index contributed by atoms with van der Waals surface area (Å²) in [5, 5.41) is 2.77. The van der Waals surface area contributed by atoms with E-state index in [1.54, 1.807) is 36.4 Å². The number of hydrogen-bond donors (Lipinski definition) is 1. The van der Waals surface area contributed by atoms with Crippen LogP contribution >= 0.6 is 11.8 Å². The van der Waals surface area contributed by atoms with Gasteiger partial charge in [0.2, 0.25) is 10.0 Å². The number of anilines is 1. The summed E-state index contributed by atoms with van der Waals surface area (Å²) in [4.78, 5) is 12.5. The zero-order valence-corrected chi connectivity index (χ0v) is 17.9. The Labute approximate surface area is 174 Å². The van der Waals surface area contributed by atoms with E-state index in [4.69, 9.17) is 4.74 Å². The number of thioether (sulfide) groups is 1. The Morgan fingerprint density at radius 1 is 1.31 bits per heavy atom. The van der Waals surface area contributed by atoms with Crippen LogP contribution in [0.4, 0.5) is 10.1 Å². The van der Waals surface area contributed by atoms with Crippen molar-refractivity contribution in [2.24, 2.45) is 0 Å². The van der Waals surface area contributed by atoms with Crippen LogP contribution in [0.2, 0.25) is 0 Å². The molecule has 1 N–H and O–H groups in total. The molecule has 0 unspecified atom stereocenters. The van der Waals surface area contributed by atoms with Crippen molar-refractivity contribution < 1.29 is 22.3 Å². The van der Waals surface area contributed by atoms with Gasteiger partial charge in [-0.05, 0) is 36.2 Å². The van der Waals surface area contributed by atoms with Gasteiger partial charge in [-0.25, -0.2) is 12.8 Å². The first kappa shape index (κ1) is 21.4. The second kappa shape index (κ2) is 9.04. The van der Waals surface area contributed by atoms with Crippen LogP contribution < -0.4 is 14.4 Å². The fourth-order valence-corrected chi connectivity index (χ4v) is 4.72. The number of amides is 1. The summed E-state index contributed by atoms with van der Waals surface area (Å²) >= 11 is 1.50. The average Bonchev–Trinajstić information content (AvgIpc) is 2.67. The molecular formula is C20H23FN2O4S2. The fourth-order valence-electron chi connectivity index (χ4n) is 2.97. The predicted octanol–water partition coefficient (Wildman–Crippen LogP) is 2.71. The number of fused-ring (bicyclic) bond motifs is 1. The van der Waals surface area contributed by atoms with E-state index in [1.165, 1.54) is 22.1 Å². The Bertz CT molecular complexity index is 998. The molecule has 1 aliphatic rings. The molecule has 1 aliphatic heterocycles. The van der Waals surface area contributed by atoms with Crippen molar-refractivity contribution in [2.45, 2.75) is 18.8 Å². The van der Waals surface area contributed by atoms with Gasteiger partial charge in [-0.2, -0.15) is 11.8 Å². The van der Waals surface area contributed by atoms with Gasteiger partial charge in [-0.15, -0.1) is 0 Å². The van der Waals surface area contributed by atoms with E-state index in [0.717, 1.165) is 11.8 Å². The third-order valence-corrected chi connectivity index (χ3v) is 6.59. The van der Waals surface area contributed by atoms with E-state index in [1.807, 2.05) is 6.92 Å². The van der Waals surface area contributed by atoms with Gasteiger partial charge in [-0.3, -0.25) is 9.10 Å². The van der Waals surface area contributed by atoms with E-state index in [0.29, 0.717) is 35.1 Å². The number of aryl methyl sites for hydroxylation is 1. The van der Waals surface area contributed by atoms with Gasteiger partial charge in [0.25, 0.3) is 5.91 Å². The van der Waals surface area contributed by atoms with Crippen LogP contribution in [0.5, 0.6) is 5.75 Å². The Kier molecular flexibility index (Phi) is 6.69. The molecule has 156 valence electrons. The number of carbonyl (C=O) groups excluding carboxylic acids is 1. The van der Waals surface area contributed by atoms with Crippen LogP contribution in [0.15, 0.2) is 42.5 Å². The number of nitrogens with one attached hydrogen (secondary N) is 1. The molecule has 0 radical (unpaired) electrons. The number of hydrogen-bond acceptors (Lipinski definition) is 5. The first-order valence-electron chi connectivity index (χ1n) is 9.09. The van der Waals surface area contributed by atoms with Crippen LogP contribution in [-0.2, 0) is 20.6 Å². The van der Waals surface area contributed by atoms with Gasteiger partial charge < -0.3 is 10.1 Å². The lowest BCUT2D eigenvalue weighted by Crippen LogP contribution is -2.50. The molecule has 6 nitrogen and oxygen atoms in total. The van der Waals surface area contributed by atoms with E-state index in [2.05, 4.69) is 5.32 Å². The Hall–Kier alpha value is -2.26. The van der Waals surface area contributed by atoms with Crippen LogP contribution in [0.25, 0.3) is 0 Å². The lowest BCUT2D eigenvalue weighted by Gasteiger charge is -2.34. The number of benzene rings is 2. The minimum absolute atomic E-state index is 0.0799. The van der Waals surface area contributed by atoms with Crippen LogP contribution in [-0.4, -0.2) is 45.5 Å². The molecule has 0 fully saturated rings. The summed E-state index contributed by atoms with van der Waals surface area (Å²) in [6.45, 7) is 2.15. The second-order valence-corrected chi connectivity index (χ2v) is 9.82. The average molecular weight is 439 g/mol. The van der Waals surface area contributed by atoms with Crippen molar-refractivity contribution in [3.05, 3.63) is 59.4 Å². The molecule has 0 aromatic heterocycles. The highest BCUT2D eigenvalue weighted by Gasteiger charge is 2.34. The molecule has 2 aromatic rings. The number of ether oxygens (including phenoxy) is 1. The topological polar surface area (TPSA) is 75.7 Å². The largest absolute Gasteiger partial charge is 0.476 e. The maximum Gasteiger partial charge on any atom is 0.263 e. The second-order valence-electron chi connectivity index (χ2n) is 6.81. The molecule has 0 saturated carbocycles. The van der Waals surface area contributed by atoms with Crippen molar-refractivity contribution in [3.8, 4) is 5.75 Å². The SMILES string of the molecule is Cc1ccc2c(c1)N(S(C)(=O)=O)C[C@H](C(=O)NCCSCc1ccccc1F)O2. The molecule has 0 aliphatic carbocycles. The highest BCUT2D eigenvalue weighted by Crippen LogP contribution is 2.35. The number of carbonyl (C=O) groups is 1. The maximum absolute atomic E-state index is 13.6. The quantitative estimate of drug-likeness (QED) is 0.673. The van der Waals surface area contributed by atoms with E-state index in [9.17, 15) is 17.6 Å². The Morgan fingerprint density at radius 2 is 2.07 bits per heavy atom. The number of sulfonamides is 1. The maximum atomic E-state index is 13.6. The molecule has 3 rings (SSSR count). The summed E-state index contributed by atoms with van der Waals surface area (Å²) in [6, 6.07) is 11.8. The predicted molar refractivity (Wildman–Crippen MR) is 113 cm³/mol. The molecule has 9 heteroatoms. The normalized spacial score (nSPS) is 16.1. The van der Waals surface area contributed by atoms with Gasteiger partial charge in [0.05, 0.1) is 18.5 Å². The number of rotatable bonds is 7. The van der Waals surface area contributed by atoms with E-state index in [-0.39, 0.29) is 18.3 Å². The minimum atomic E-state index is -3.55. The van der Waals surface area contributed by atoms with Gasteiger partial charge in [-0.1, -0.05) is 24.3 Å². The summed E-state index contributed by atoms with van der Waals surface area (Å²) in [5.41, 5.74) is 1.96. The van der Waals surface area contributed by atoms with Gasteiger partial charge >= 0.3 is 0 Å². The zero-order valence-electron chi connectivity index (χ0n) is 16.2. The van der Waals surface area contributed by atoms with Gasteiger partial charge in [0.1, 0.15) is 11.6 Å². The summed E-state index contributed by atoms with van der Waals surface area (Å²) in [7, 11) is -3.55. The van der Waals surface area contributed by atoms with Crippen molar-refractivity contribution >= 4 is 33.4 Å². The third kappa shape index (κ3) is 5.42. The Balaban J connectivity index is 1.56. The molecule has 0 spiro atoms. The van der Waals surface area contributed by atoms with E-state index < -0.39 is 16.1 Å². The summed E-state index contributed by atoms with van der Waals surface area (Å²) < 4.78 is 44.9. The smallest absolute Gasteiger partial charge is 0.263 e. The first-order chi connectivity index (χ1) is 13.8. The zero-order chi connectivity index (χ0) is 21.0. The molecule has 2 aromatic carbocycles. The number of halogens is 1. The third-order valence-electron chi connectivity index (χ3n) is 4.44. The van der Waals surface area contributed by atoms with E-state index >= 15 is 0 Å². The molecule has 0 saturated heterocycles. The highest BCUT2D eigenvalue weighted by atomic mass is 32.2. The molecule has 29 heavy (non-hydrogen) atoms. The molecule has 1 amide bonds. The lowest BCUT2D eigenvalue weighted by atomic mass is 10.1. The number of nitrogens with zero attached hydrogens (tertiary/aromatic N) is 1. The van der Waals surface area contributed by atoms with Crippen molar-refractivity contribution in [3.63, 3.8) is 0 Å². The molecule has 1 atom stereocenters. The van der Waals surface area contributed by atoms with Crippen LogP contribution in [0.1, 0.15) is 11.1 Å². The summed E-state index contributed by atoms with van der Waals surface area (Å²) in [5.74, 6) is 0.849. The Morgan fingerprint density at radius 3 is 2.79 bits per heavy atom. The van der Waals surface area contributed by atoms with Gasteiger partial charge in [0.15, 0.2) is 6.10 Å². The van der Waals surface area contributed by atoms with Gasteiger partial charge in [0, 0.05) is 18.1 Å². The minimum Gasteiger partial charge on any atom is -0.476 e. The van der Waals surface area contributed by atoms with Crippen molar-refractivity contribution in [1.82, 2.24) is 5.32 Å². The van der Waals surface area contributed by atoms with Crippen LogP contribution in [0.3, 0.4) is 0 Å². The molecular weight excluding hydrogens is 415 g/mol. The lowest BCUT2D eigenvalue weighted by molar-refractivity contribution is -0.127.